The Morgan fingerprint density at radius 3 is 3.08 bits per heavy atom. The van der Waals surface area contributed by atoms with Crippen LogP contribution in [0, 0.1) is 0 Å². The molecule has 4 rings (SSSR count). The summed E-state index contributed by atoms with van der Waals surface area (Å²) in [5.41, 5.74) is 2.36. The van der Waals surface area contributed by atoms with Gasteiger partial charge in [0.2, 0.25) is 5.91 Å². The van der Waals surface area contributed by atoms with Crippen LogP contribution in [-0.4, -0.2) is 30.9 Å². The van der Waals surface area contributed by atoms with Crippen molar-refractivity contribution in [2.45, 2.75) is 31.7 Å². The van der Waals surface area contributed by atoms with E-state index in [4.69, 9.17) is 0 Å². The fraction of sp³-hybridized carbons (Fsp3) is 0.368. The van der Waals surface area contributed by atoms with E-state index >= 15 is 0 Å². The highest BCUT2D eigenvalue weighted by atomic mass is 32.1. The lowest BCUT2D eigenvalue weighted by Gasteiger charge is -2.41. The predicted molar refractivity (Wildman–Crippen MR) is 100 cm³/mol. The molecule has 6 heteroatoms. The molecule has 25 heavy (non-hydrogen) atoms. The fourth-order valence-corrected chi connectivity index (χ4v) is 4.30. The van der Waals surface area contributed by atoms with Gasteiger partial charge in [-0.3, -0.25) is 9.59 Å². The first-order valence-corrected chi connectivity index (χ1v) is 9.62. The molecule has 1 fully saturated rings. The number of rotatable bonds is 4. The summed E-state index contributed by atoms with van der Waals surface area (Å²) in [5, 5.41) is 7.97. The molecule has 1 aromatic heterocycles. The number of anilines is 2. The third-order valence-electron chi connectivity index (χ3n) is 4.87. The Labute approximate surface area is 151 Å². The molecule has 3 heterocycles. The Morgan fingerprint density at radius 1 is 1.32 bits per heavy atom. The van der Waals surface area contributed by atoms with Crippen LogP contribution in [0.25, 0.3) is 0 Å². The number of nitrogens with one attached hydrogen (secondary N) is 2. The first-order valence-electron chi connectivity index (χ1n) is 8.74. The van der Waals surface area contributed by atoms with Crippen LogP contribution >= 0.6 is 11.3 Å². The van der Waals surface area contributed by atoms with Crippen LogP contribution in [0.1, 0.15) is 34.5 Å². The molecule has 0 radical (unpaired) electrons. The van der Waals surface area contributed by atoms with Crippen molar-refractivity contribution in [2.24, 2.45) is 0 Å². The zero-order chi connectivity index (χ0) is 17.2. The van der Waals surface area contributed by atoms with E-state index in [0.29, 0.717) is 12.1 Å². The van der Waals surface area contributed by atoms with Gasteiger partial charge in [-0.15, -0.1) is 11.3 Å². The summed E-state index contributed by atoms with van der Waals surface area (Å²) >= 11 is 1.70. The first kappa shape index (κ1) is 16.1. The maximum atomic E-state index is 12.4. The molecule has 0 saturated carbocycles. The highest BCUT2D eigenvalue weighted by Crippen LogP contribution is 2.36. The molecule has 130 valence electrons. The van der Waals surface area contributed by atoms with Gasteiger partial charge in [0.1, 0.15) is 6.04 Å². The van der Waals surface area contributed by atoms with Crippen LogP contribution in [0.4, 0.5) is 11.4 Å². The summed E-state index contributed by atoms with van der Waals surface area (Å²) in [5.74, 6) is -0.0585. The summed E-state index contributed by atoms with van der Waals surface area (Å²) in [6, 6.07) is 9.62. The Bertz CT molecular complexity index is 788. The molecule has 2 amide bonds. The average Bonchev–Trinajstić information content (AvgIpc) is 3.15. The van der Waals surface area contributed by atoms with E-state index in [0.717, 1.165) is 43.6 Å². The average molecular weight is 355 g/mol. The molecule has 2 aliphatic rings. The van der Waals surface area contributed by atoms with E-state index in [-0.39, 0.29) is 17.9 Å². The van der Waals surface area contributed by atoms with Crippen LogP contribution in [0.15, 0.2) is 35.7 Å². The highest BCUT2D eigenvalue weighted by Gasteiger charge is 2.34. The second kappa shape index (κ2) is 6.88. The first-order chi connectivity index (χ1) is 12.2. The number of thiophene rings is 1. The maximum Gasteiger partial charge on any atom is 0.251 e. The SMILES string of the molecule is O=C(NCCc1cccs1)c1ccc2c(c1)NC(=O)C1CCCCN21. The topological polar surface area (TPSA) is 61.4 Å². The summed E-state index contributed by atoms with van der Waals surface area (Å²) < 4.78 is 0. The van der Waals surface area contributed by atoms with Crippen molar-refractivity contribution < 1.29 is 9.59 Å². The molecular formula is C19H21N3O2S. The van der Waals surface area contributed by atoms with Crippen LogP contribution in [0.3, 0.4) is 0 Å². The van der Waals surface area contributed by atoms with Crippen molar-refractivity contribution in [2.75, 3.05) is 23.3 Å². The second-order valence-corrected chi connectivity index (χ2v) is 7.54. The van der Waals surface area contributed by atoms with Crippen molar-refractivity contribution in [1.29, 1.82) is 0 Å². The van der Waals surface area contributed by atoms with Gasteiger partial charge in [0.05, 0.1) is 11.4 Å². The fourth-order valence-electron chi connectivity index (χ4n) is 3.59. The predicted octanol–water partition coefficient (Wildman–Crippen LogP) is 3.03. The number of carbonyl (C=O) groups excluding carboxylic acids is 2. The zero-order valence-electron chi connectivity index (χ0n) is 14.0. The number of hydrogen-bond donors (Lipinski definition) is 2. The van der Waals surface area contributed by atoms with E-state index in [1.165, 1.54) is 4.88 Å². The minimum absolute atomic E-state index is 0.0439. The third kappa shape index (κ3) is 3.26. The highest BCUT2D eigenvalue weighted by molar-refractivity contribution is 7.09. The van der Waals surface area contributed by atoms with Crippen LogP contribution < -0.4 is 15.5 Å². The standard InChI is InChI=1S/C19H21N3O2S/c23-18(20-9-8-14-4-3-11-25-14)13-6-7-16-15(12-13)21-19(24)17-5-1-2-10-22(16)17/h3-4,6-7,11-12,17H,1-2,5,8-10H2,(H,20,23)(H,21,24). The van der Waals surface area contributed by atoms with Gasteiger partial charge in [-0.2, -0.15) is 0 Å². The number of fused-ring (bicyclic) bond motifs is 3. The summed E-state index contributed by atoms with van der Waals surface area (Å²) in [6.07, 6.45) is 3.93. The van der Waals surface area contributed by atoms with Gasteiger partial charge in [-0.1, -0.05) is 6.07 Å². The number of benzene rings is 1. The molecule has 2 aromatic rings. The largest absolute Gasteiger partial charge is 0.358 e. The number of piperidine rings is 1. The Hall–Kier alpha value is -2.34. The van der Waals surface area contributed by atoms with Gasteiger partial charge in [-0.05, 0) is 55.3 Å². The molecule has 0 aliphatic carbocycles. The summed E-state index contributed by atoms with van der Waals surface area (Å²) in [4.78, 5) is 28.1. The van der Waals surface area contributed by atoms with E-state index in [1.54, 1.807) is 17.4 Å². The van der Waals surface area contributed by atoms with E-state index in [2.05, 4.69) is 21.6 Å². The number of nitrogens with zero attached hydrogens (tertiary/aromatic N) is 1. The molecule has 0 spiro atoms. The molecular weight excluding hydrogens is 334 g/mol. The van der Waals surface area contributed by atoms with E-state index < -0.39 is 0 Å². The molecule has 1 saturated heterocycles. The van der Waals surface area contributed by atoms with Gasteiger partial charge in [-0.25, -0.2) is 0 Å². The van der Waals surface area contributed by atoms with Gasteiger partial charge >= 0.3 is 0 Å². The van der Waals surface area contributed by atoms with Gasteiger partial charge < -0.3 is 15.5 Å². The van der Waals surface area contributed by atoms with Gasteiger partial charge in [0, 0.05) is 23.5 Å². The molecule has 5 nitrogen and oxygen atoms in total. The van der Waals surface area contributed by atoms with Gasteiger partial charge in [0.25, 0.3) is 5.91 Å². The Morgan fingerprint density at radius 2 is 2.24 bits per heavy atom. The van der Waals surface area contributed by atoms with Crippen molar-refractivity contribution in [3.05, 3.63) is 46.2 Å². The zero-order valence-corrected chi connectivity index (χ0v) is 14.8. The smallest absolute Gasteiger partial charge is 0.251 e. The van der Waals surface area contributed by atoms with Crippen molar-refractivity contribution in [3.63, 3.8) is 0 Å². The van der Waals surface area contributed by atoms with E-state index in [1.807, 2.05) is 23.6 Å². The maximum absolute atomic E-state index is 12.4. The monoisotopic (exact) mass is 355 g/mol. The van der Waals surface area contributed by atoms with Crippen LogP contribution in [-0.2, 0) is 11.2 Å². The minimum atomic E-state index is -0.102. The summed E-state index contributed by atoms with van der Waals surface area (Å²) in [6.45, 7) is 1.51. The number of hydrogen-bond acceptors (Lipinski definition) is 4. The van der Waals surface area contributed by atoms with Crippen LogP contribution in [0.5, 0.6) is 0 Å². The Kier molecular flexibility index (Phi) is 4.44. The van der Waals surface area contributed by atoms with Gasteiger partial charge in [0.15, 0.2) is 0 Å². The lowest BCUT2D eigenvalue weighted by Crippen LogP contribution is -2.50. The third-order valence-corrected chi connectivity index (χ3v) is 5.80. The normalized spacial score (nSPS) is 19.0. The Balaban J connectivity index is 1.46. The quantitative estimate of drug-likeness (QED) is 0.886. The number of carbonyl (C=O) groups is 2. The number of amides is 2. The second-order valence-electron chi connectivity index (χ2n) is 6.51. The molecule has 2 N–H and O–H groups in total. The molecule has 1 atom stereocenters. The molecule has 1 unspecified atom stereocenters. The van der Waals surface area contributed by atoms with E-state index in [9.17, 15) is 9.59 Å². The lowest BCUT2D eigenvalue weighted by molar-refractivity contribution is -0.118. The summed E-state index contributed by atoms with van der Waals surface area (Å²) in [7, 11) is 0. The van der Waals surface area contributed by atoms with Crippen LogP contribution in [0.2, 0.25) is 0 Å². The molecule has 0 bridgehead atoms. The van der Waals surface area contributed by atoms with Crippen molar-refractivity contribution in [1.82, 2.24) is 5.32 Å². The molecule has 2 aliphatic heterocycles. The lowest BCUT2D eigenvalue weighted by atomic mass is 9.97. The van der Waals surface area contributed by atoms with Crippen molar-refractivity contribution in [3.8, 4) is 0 Å². The van der Waals surface area contributed by atoms with Crippen molar-refractivity contribution >= 4 is 34.5 Å². The molecule has 1 aromatic carbocycles. The minimum Gasteiger partial charge on any atom is -0.358 e.